The molecule has 1 heterocycles. The van der Waals surface area contributed by atoms with E-state index in [4.69, 9.17) is 11.6 Å². The van der Waals surface area contributed by atoms with E-state index < -0.39 is 17.6 Å². The van der Waals surface area contributed by atoms with E-state index in [-0.39, 0.29) is 5.91 Å². The van der Waals surface area contributed by atoms with Gasteiger partial charge in [0.1, 0.15) is 6.04 Å². The van der Waals surface area contributed by atoms with Gasteiger partial charge in [0, 0.05) is 31.9 Å². The van der Waals surface area contributed by atoms with Crippen LogP contribution < -0.4 is 16.0 Å². The Morgan fingerprint density at radius 3 is 2.56 bits per heavy atom. The molecule has 1 atom stereocenters. The van der Waals surface area contributed by atoms with Crippen molar-refractivity contribution >= 4 is 29.2 Å². The lowest BCUT2D eigenvalue weighted by Gasteiger charge is -2.28. The van der Waals surface area contributed by atoms with E-state index >= 15 is 0 Å². The minimum atomic E-state index is -0.714. The summed E-state index contributed by atoms with van der Waals surface area (Å²) in [5.41, 5.74) is 1.73. The molecule has 2 aromatic carbocycles. The number of hydrogen-bond donors (Lipinski definition) is 3. The monoisotopic (exact) mass is 457 g/mol. The Labute approximate surface area is 192 Å². The molecule has 9 heteroatoms. The molecule has 2 aromatic rings. The third-order valence-electron chi connectivity index (χ3n) is 5.53. The zero-order valence-corrected chi connectivity index (χ0v) is 19.2. The highest BCUT2D eigenvalue weighted by atomic mass is 35.5. The molecule has 1 fully saturated rings. The summed E-state index contributed by atoms with van der Waals surface area (Å²) in [6.45, 7) is 8.15. The van der Waals surface area contributed by atoms with Crippen LogP contribution in [0.25, 0.3) is 0 Å². The summed E-state index contributed by atoms with van der Waals surface area (Å²) in [6.07, 6.45) is 0. The number of halogens is 1. The standard InChI is InChI=1S/C23H28ClN5O3/c1-15(28-32)16-5-4-6-17(13-16)23(2,3)27-22(31)26-18-7-8-20(24)19(14-18)21(30)29-11-9-25-10-12-29/h4-8,13-15,25H,9-12H2,1-3H3,(H2,26,27,31). The number of anilines is 1. The Bertz CT molecular complexity index is 1000. The minimum Gasteiger partial charge on any atom is -0.336 e. The summed E-state index contributed by atoms with van der Waals surface area (Å²) in [7, 11) is 0. The van der Waals surface area contributed by atoms with Crippen molar-refractivity contribution < 1.29 is 9.59 Å². The first-order chi connectivity index (χ1) is 15.2. The SMILES string of the molecule is CC(N=O)c1cccc(C(C)(C)NC(=O)Nc2ccc(Cl)c(C(=O)N3CCNCC3)c2)c1. The number of benzene rings is 2. The van der Waals surface area contributed by atoms with E-state index in [0.29, 0.717) is 29.4 Å². The predicted molar refractivity (Wildman–Crippen MR) is 126 cm³/mol. The van der Waals surface area contributed by atoms with Gasteiger partial charge in [-0.25, -0.2) is 4.79 Å². The Kier molecular flexibility index (Phi) is 7.48. The smallest absolute Gasteiger partial charge is 0.319 e. The summed E-state index contributed by atoms with van der Waals surface area (Å²) in [5, 5.41) is 12.3. The average molecular weight is 458 g/mol. The molecule has 0 bridgehead atoms. The number of rotatable bonds is 6. The fourth-order valence-electron chi connectivity index (χ4n) is 3.57. The number of hydrogen-bond acceptors (Lipinski definition) is 5. The fraction of sp³-hybridized carbons (Fsp3) is 0.391. The van der Waals surface area contributed by atoms with Crippen LogP contribution in [0, 0.1) is 4.91 Å². The Morgan fingerprint density at radius 1 is 1.16 bits per heavy atom. The van der Waals surface area contributed by atoms with Gasteiger partial charge in [0.05, 0.1) is 16.1 Å². The molecule has 0 aromatic heterocycles. The molecule has 1 aliphatic rings. The zero-order valence-electron chi connectivity index (χ0n) is 18.4. The Balaban J connectivity index is 1.71. The van der Waals surface area contributed by atoms with Gasteiger partial charge in [-0.3, -0.25) is 4.79 Å². The lowest BCUT2D eigenvalue weighted by Crippen LogP contribution is -2.46. The van der Waals surface area contributed by atoms with Crippen molar-refractivity contribution in [1.29, 1.82) is 0 Å². The molecule has 32 heavy (non-hydrogen) atoms. The van der Waals surface area contributed by atoms with Crippen LogP contribution in [0.4, 0.5) is 10.5 Å². The molecule has 0 radical (unpaired) electrons. The molecule has 3 rings (SSSR count). The normalized spacial score (nSPS) is 15.1. The van der Waals surface area contributed by atoms with Crippen LogP contribution >= 0.6 is 11.6 Å². The van der Waals surface area contributed by atoms with Crippen LogP contribution in [0.2, 0.25) is 5.02 Å². The maximum Gasteiger partial charge on any atom is 0.319 e. The minimum absolute atomic E-state index is 0.157. The third-order valence-corrected chi connectivity index (χ3v) is 5.86. The van der Waals surface area contributed by atoms with Crippen molar-refractivity contribution in [2.24, 2.45) is 5.18 Å². The highest BCUT2D eigenvalue weighted by Gasteiger charge is 2.25. The number of nitrogens with zero attached hydrogens (tertiary/aromatic N) is 2. The highest BCUT2D eigenvalue weighted by molar-refractivity contribution is 6.34. The molecule has 8 nitrogen and oxygen atoms in total. The molecule has 0 spiro atoms. The summed E-state index contributed by atoms with van der Waals surface area (Å²) in [5.74, 6) is -0.157. The first-order valence-corrected chi connectivity index (χ1v) is 10.9. The van der Waals surface area contributed by atoms with Crippen LogP contribution in [0.15, 0.2) is 47.6 Å². The van der Waals surface area contributed by atoms with E-state index in [0.717, 1.165) is 24.2 Å². The molecule has 3 N–H and O–H groups in total. The Hall–Kier alpha value is -2.97. The number of amides is 3. The molecule has 0 saturated carbocycles. The molecular weight excluding hydrogens is 430 g/mol. The van der Waals surface area contributed by atoms with Gasteiger partial charge in [0.2, 0.25) is 0 Å². The van der Waals surface area contributed by atoms with Gasteiger partial charge in [0.25, 0.3) is 5.91 Å². The summed E-state index contributed by atoms with van der Waals surface area (Å²) in [6, 6.07) is 11.4. The van der Waals surface area contributed by atoms with Crippen LogP contribution in [0.1, 0.15) is 48.3 Å². The van der Waals surface area contributed by atoms with Crippen LogP contribution in [-0.2, 0) is 5.54 Å². The van der Waals surface area contributed by atoms with Crippen molar-refractivity contribution in [2.75, 3.05) is 31.5 Å². The van der Waals surface area contributed by atoms with E-state index in [1.165, 1.54) is 0 Å². The van der Waals surface area contributed by atoms with Crippen molar-refractivity contribution in [3.8, 4) is 0 Å². The molecule has 170 valence electrons. The average Bonchev–Trinajstić information content (AvgIpc) is 2.79. The number of carbonyl (C=O) groups excluding carboxylic acids is 2. The molecule has 1 aliphatic heterocycles. The van der Waals surface area contributed by atoms with Crippen molar-refractivity contribution in [2.45, 2.75) is 32.4 Å². The second kappa shape index (κ2) is 10.1. The van der Waals surface area contributed by atoms with Gasteiger partial charge < -0.3 is 20.9 Å². The zero-order chi connectivity index (χ0) is 23.3. The first-order valence-electron chi connectivity index (χ1n) is 10.5. The van der Waals surface area contributed by atoms with Gasteiger partial charge in [-0.1, -0.05) is 41.0 Å². The maximum absolute atomic E-state index is 12.8. The number of piperazine rings is 1. The van der Waals surface area contributed by atoms with Crippen LogP contribution in [0.3, 0.4) is 0 Å². The largest absolute Gasteiger partial charge is 0.336 e. The van der Waals surface area contributed by atoms with Crippen LogP contribution in [-0.4, -0.2) is 43.0 Å². The van der Waals surface area contributed by atoms with E-state index in [2.05, 4.69) is 21.1 Å². The highest BCUT2D eigenvalue weighted by Crippen LogP contribution is 2.26. The van der Waals surface area contributed by atoms with Gasteiger partial charge in [0.15, 0.2) is 0 Å². The topological polar surface area (TPSA) is 103 Å². The van der Waals surface area contributed by atoms with Crippen molar-refractivity contribution in [1.82, 2.24) is 15.5 Å². The summed E-state index contributed by atoms with van der Waals surface area (Å²) in [4.78, 5) is 38.2. The molecule has 3 amide bonds. The van der Waals surface area contributed by atoms with Crippen molar-refractivity contribution in [3.63, 3.8) is 0 Å². The van der Waals surface area contributed by atoms with E-state index in [1.54, 1.807) is 30.0 Å². The molecular formula is C23H28ClN5O3. The quantitative estimate of drug-likeness (QED) is 0.563. The number of urea groups is 1. The van der Waals surface area contributed by atoms with E-state index in [1.807, 2.05) is 38.1 Å². The second-order valence-corrected chi connectivity index (χ2v) is 8.75. The summed E-state index contributed by atoms with van der Waals surface area (Å²) >= 11 is 6.26. The van der Waals surface area contributed by atoms with Gasteiger partial charge in [-0.15, -0.1) is 0 Å². The van der Waals surface area contributed by atoms with Crippen molar-refractivity contribution in [3.05, 3.63) is 69.1 Å². The van der Waals surface area contributed by atoms with Gasteiger partial charge >= 0.3 is 6.03 Å². The van der Waals surface area contributed by atoms with Gasteiger partial charge in [-0.05, 0) is 50.1 Å². The number of carbonyl (C=O) groups is 2. The van der Waals surface area contributed by atoms with E-state index in [9.17, 15) is 14.5 Å². The molecule has 1 saturated heterocycles. The fourth-order valence-corrected chi connectivity index (χ4v) is 3.77. The lowest BCUT2D eigenvalue weighted by atomic mass is 9.92. The number of nitroso groups, excluding NO2 is 1. The predicted octanol–water partition coefficient (Wildman–Crippen LogP) is 4.27. The Morgan fingerprint density at radius 2 is 1.88 bits per heavy atom. The first kappa shape index (κ1) is 23.7. The molecule has 1 unspecified atom stereocenters. The third kappa shape index (κ3) is 5.63. The maximum atomic E-state index is 12.8. The number of nitrogens with one attached hydrogen (secondary N) is 3. The second-order valence-electron chi connectivity index (χ2n) is 8.35. The lowest BCUT2D eigenvalue weighted by molar-refractivity contribution is 0.0736. The molecule has 0 aliphatic carbocycles. The summed E-state index contributed by atoms with van der Waals surface area (Å²) < 4.78 is 0. The van der Waals surface area contributed by atoms with Crippen LogP contribution in [0.5, 0.6) is 0 Å². The van der Waals surface area contributed by atoms with Gasteiger partial charge in [-0.2, -0.15) is 4.91 Å².